The first kappa shape index (κ1) is 20.5. The Bertz CT molecular complexity index is 814. The molecule has 0 radical (unpaired) electrons. The third kappa shape index (κ3) is 4.47. The number of halogens is 3. The second kappa shape index (κ2) is 8.71. The topological polar surface area (TPSA) is 50.4 Å². The molecule has 2 N–H and O–H groups in total. The lowest BCUT2D eigenvalue weighted by Gasteiger charge is -2.20. The zero-order valence-corrected chi connectivity index (χ0v) is 16.1. The highest BCUT2D eigenvalue weighted by Crippen LogP contribution is 2.27. The molecule has 1 amide bonds. The van der Waals surface area contributed by atoms with Gasteiger partial charge < -0.3 is 15.4 Å². The summed E-state index contributed by atoms with van der Waals surface area (Å²) in [5.41, 5.74) is 2.74. The zero-order valence-electron chi connectivity index (χ0n) is 14.6. The van der Waals surface area contributed by atoms with Crippen LogP contribution in [0, 0.1) is 12.7 Å². The van der Waals surface area contributed by atoms with Gasteiger partial charge in [-0.1, -0.05) is 23.7 Å². The van der Waals surface area contributed by atoms with Crippen molar-refractivity contribution in [2.24, 2.45) is 0 Å². The lowest BCUT2D eigenvalue weighted by molar-refractivity contribution is -0.122. The standard InChI is InChI=1S/C19H20ClFN2O2.ClH/c1-11-3-5-15(20)17(9-11)25-12(2)19(24)23-16-6-4-13-10-22-8-7-14(13)18(16)21;/h3-6,9,12,22H,7-8,10H2,1-2H3,(H,23,24);1H. The van der Waals surface area contributed by atoms with Crippen LogP contribution in [-0.4, -0.2) is 18.6 Å². The normalized spacial score (nSPS) is 14.0. The van der Waals surface area contributed by atoms with Gasteiger partial charge in [0.15, 0.2) is 6.10 Å². The molecule has 140 valence electrons. The predicted molar refractivity (Wildman–Crippen MR) is 104 cm³/mol. The molecule has 0 aliphatic carbocycles. The quantitative estimate of drug-likeness (QED) is 0.808. The molecule has 1 atom stereocenters. The zero-order chi connectivity index (χ0) is 18.0. The van der Waals surface area contributed by atoms with E-state index in [0.29, 0.717) is 29.3 Å². The van der Waals surface area contributed by atoms with Crippen LogP contribution in [0.3, 0.4) is 0 Å². The molecule has 2 aromatic carbocycles. The van der Waals surface area contributed by atoms with Crippen molar-refractivity contribution in [3.8, 4) is 5.75 Å². The van der Waals surface area contributed by atoms with Crippen LogP contribution >= 0.6 is 24.0 Å². The van der Waals surface area contributed by atoms with E-state index in [1.807, 2.05) is 19.1 Å². The van der Waals surface area contributed by atoms with Crippen molar-refractivity contribution in [1.82, 2.24) is 5.32 Å². The van der Waals surface area contributed by atoms with Gasteiger partial charge in [-0.15, -0.1) is 12.4 Å². The van der Waals surface area contributed by atoms with Gasteiger partial charge >= 0.3 is 0 Å². The highest BCUT2D eigenvalue weighted by molar-refractivity contribution is 6.32. The van der Waals surface area contributed by atoms with Crippen LogP contribution in [0.4, 0.5) is 10.1 Å². The van der Waals surface area contributed by atoms with Gasteiger partial charge in [0.05, 0.1) is 10.7 Å². The molecule has 26 heavy (non-hydrogen) atoms. The molecule has 0 spiro atoms. The first-order valence-corrected chi connectivity index (χ1v) is 8.58. The fourth-order valence-corrected chi connectivity index (χ4v) is 2.97. The monoisotopic (exact) mass is 398 g/mol. The van der Waals surface area contributed by atoms with E-state index >= 15 is 0 Å². The Hall–Kier alpha value is -1.82. The highest BCUT2D eigenvalue weighted by atomic mass is 35.5. The minimum Gasteiger partial charge on any atom is -0.479 e. The molecule has 2 aromatic rings. The van der Waals surface area contributed by atoms with Crippen molar-refractivity contribution in [3.05, 3.63) is 57.9 Å². The maximum atomic E-state index is 14.6. The number of anilines is 1. The van der Waals surface area contributed by atoms with Crippen LogP contribution in [0.1, 0.15) is 23.6 Å². The average molecular weight is 399 g/mol. The first-order chi connectivity index (χ1) is 12.0. The molecule has 0 bridgehead atoms. The average Bonchev–Trinajstić information content (AvgIpc) is 2.60. The number of carbonyl (C=O) groups excluding carboxylic acids is 1. The van der Waals surface area contributed by atoms with Crippen LogP contribution < -0.4 is 15.4 Å². The Balaban J connectivity index is 0.00000243. The van der Waals surface area contributed by atoms with E-state index in [4.69, 9.17) is 16.3 Å². The number of rotatable bonds is 4. The number of amides is 1. The maximum absolute atomic E-state index is 14.6. The van der Waals surface area contributed by atoms with Crippen molar-refractivity contribution in [2.75, 3.05) is 11.9 Å². The molecule has 0 aromatic heterocycles. The molecule has 0 saturated carbocycles. The Kier molecular flexibility index (Phi) is 6.87. The summed E-state index contributed by atoms with van der Waals surface area (Å²) in [5, 5.41) is 6.24. The minimum absolute atomic E-state index is 0. The summed E-state index contributed by atoms with van der Waals surface area (Å²) in [4.78, 5) is 12.4. The molecule has 4 nitrogen and oxygen atoms in total. The number of nitrogens with one attached hydrogen (secondary N) is 2. The Morgan fingerprint density at radius 3 is 2.88 bits per heavy atom. The van der Waals surface area contributed by atoms with Crippen molar-refractivity contribution in [2.45, 2.75) is 32.9 Å². The van der Waals surface area contributed by atoms with E-state index in [-0.39, 0.29) is 23.9 Å². The summed E-state index contributed by atoms with van der Waals surface area (Å²) in [7, 11) is 0. The van der Waals surface area contributed by atoms with Crippen LogP contribution in [0.2, 0.25) is 5.02 Å². The van der Waals surface area contributed by atoms with Gasteiger partial charge in [0.2, 0.25) is 0 Å². The van der Waals surface area contributed by atoms with Gasteiger partial charge in [0.1, 0.15) is 11.6 Å². The molecular formula is C19H21Cl2FN2O2. The fourth-order valence-electron chi connectivity index (χ4n) is 2.81. The van der Waals surface area contributed by atoms with Gasteiger partial charge in [-0.25, -0.2) is 4.39 Å². The van der Waals surface area contributed by atoms with Crippen LogP contribution in [-0.2, 0) is 17.8 Å². The van der Waals surface area contributed by atoms with Crippen molar-refractivity contribution in [1.29, 1.82) is 0 Å². The molecule has 1 aliphatic heterocycles. The predicted octanol–water partition coefficient (Wildman–Crippen LogP) is 4.26. The number of benzene rings is 2. The number of aryl methyl sites for hydroxylation is 1. The number of fused-ring (bicyclic) bond motifs is 1. The highest BCUT2D eigenvalue weighted by Gasteiger charge is 2.21. The number of hydrogen-bond donors (Lipinski definition) is 2. The Morgan fingerprint density at radius 2 is 2.12 bits per heavy atom. The Morgan fingerprint density at radius 1 is 1.35 bits per heavy atom. The van der Waals surface area contributed by atoms with Gasteiger partial charge in [-0.3, -0.25) is 4.79 Å². The lowest BCUT2D eigenvalue weighted by Crippen LogP contribution is -2.31. The number of carbonyl (C=O) groups is 1. The maximum Gasteiger partial charge on any atom is 0.265 e. The molecule has 0 fully saturated rings. The smallest absolute Gasteiger partial charge is 0.265 e. The molecule has 1 aliphatic rings. The summed E-state index contributed by atoms with van der Waals surface area (Å²) in [6, 6.07) is 8.76. The van der Waals surface area contributed by atoms with Crippen LogP contribution in [0.25, 0.3) is 0 Å². The molecular weight excluding hydrogens is 378 g/mol. The fraction of sp³-hybridized carbons (Fsp3) is 0.316. The van der Waals surface area contributed by atoms with E-state index in [0.717, 1.165) is 17.7 Å². The summed E-state index contributed by atoms with van der Waals surface area (Å²) < 4.78 is 20.3. The van der Waals surface area contributed by atoms with E-state index in [1.165, 1.54) is 0 Å². The second-order valence-electron chi connectivity index (χ2n) is 6.17. The molecule has 0 saturated heterocycles. The molecule has 3 rings (SSSR count). The second-order valence-corrected chi connectivity index (χ2v) is 6.58. The first-order valence-electron chi connectivity index (χ1n) is 8.20. The summed E-state index contributed by atoms with van der Waals surface area (Å²) >= 11 is 6.09. The Labute approximate surface area is 163 Å². The van der Waals surface area contributed by atoms with E-state index in [2.05, 4.69) is 10.6 Å². The van der Waals surface area contributed by atoms with Crippen LogP contribution in [0.15, 0.2) is 30.3 Å². The molecule has 7 heteroatoms. The van der Waals surface area contributed by atoms with Gasteiger partial charge in [-0.05, 0) is 61.7 Å². The van der Waals surface area contributed by atoms with Gasteiger partial charge in [0.25, 0.3) is 5.91 Å². The van der Waals surface area contributed by atoms with Gasteiger partial charge in [-0.2, -0.15) is 0 Å². The summed E-state index contributed by atoms with van der Waals surface area (Å²) in [5.74, 6) is -0.361. The van der Waals surface area contributed by atoms with E-state index in [9.17, 15) is 9.18 Å². The third-order valence-electron chi connectivity index (χ3n) is 4.22. The molecule has 1 unspecified atom stereocenters. The third-order valence-corrected chi connectivity index (χ3v) is 4.54. The number of hydrogen-bond acceptors (Lipinski definition) is 3. The van der Waals surface area contributed by atoms with Crippen molar-refractivity contribution >= 4 is 35.6 Å². The van der Waals surface area contributed by atoms with E-state index in [1.54, 1.807) is 25.1 Å². The van der Waals surface area contributed by atoms with Gasteiger partial charge in [0, 0.05) is 6.54 Å². The van der Waals surface area contributed by atoms with Crippen LogP contribution in [0.5, 0.6) is 5.75 Å². The largest absolute Gasteiger partial charge is 0.479 e. The minimum atomic E-state index is -0.809. The van der Waals surface area contributed by atoms with Crippen molar-refractivity contribution in [3.63, 3.8) is 0 Å². The number of ether oxygens (including phenoxy) is 1. The van der Waals surface area contributed by atoms with Crippen molar-refractivity contribution < 1.29 is 13.9 Å². The summed E-state index contributed by atoms with van der Waals surface area (Å²) in [6.07, 6.45) is -0.202. The van der Waals surface area contributed by atoms with E-state index < -0.39 is 12.0 Å². The molecule has 1 heterocycles. The SMILES string of the molecule is Cc1ccc(Cl)c(OC(C)C(=O)Nc2ccc3c(c2F)CCNC3)c1.Cl. The summed E-state index contributed by atoms with van der Waals surface area (Å²) in [6.45, 7) is 4.89. The lowest BCUT2D eigenvalue weighted by atomic mass is 9.99.